The van der Waals surface area contributed by atoms with Crippen molar-refractivity contribution >= 4 is 21.8 Å². The predicted molar refractivity (Wildman–Crippen MR) is 107 cm³/mol. The Morgan fingerprint density at radius 3 is 2.50 bits per heavy atom. The fourth-order valence-corrected chi connectivity index (χ4v) is 3.41. The number of furan rings is 2. The van der Waals surface area contributed by atoms with Crippen molar-refractivity contribution in [2.24, 2.45) is 0 Å². The van der Waals surface area contributed by atoms with Gasteiger partial charge < -0.3 is 18.5 Å². The van der Waals surface area contributed by atoms with Crippen LogP contribution >= 0.6 is 15.9 Å². The van der Waals surface area contributed by atoms with E-state index in [0.29, 0.717) is 24.6 Å². The summed E-state index contributed by atoms with van der Waals surface area (Å²) in [6.45, 7) is 4.02. The normalized spacial score (nSPS) is 15.0. The molecule has 28 heavy (non-hydrogen) atoms. The molecule has 3 heterocycles. The van der Waals surface area contributed by atoms with Crippen molar-refractivity contribution in [3.63, 3.8) is 0 Å². The average molecular weight is 445 g/mol. The van der Waals surface area contributed by atoms with E-state index in [-0.39, 0.29) is 12.5 Å². The highest BCUT2D eigenvalue weighted by Crippen LogP contribution is 2.19. The fraction of sp³-hybridized carbons (Fsp3) is 0.286. The van der Waals surface area contributed by atoms with Crippen LogP contribution in [0.3, 0.4) is 0 Å². The highest BCUT2D eigenvalue weighted by Gasteiger charge is 2.24. The van der Waals surface area contributed by atoms with Crippen LogP contribution in [0.15, 0.2) is 68.1 Å². The Morgan fingerprint density at radius 2 is 1.79 bits per heavy atom. The topological polar surface area (TPSA) is 59.1 Å². The highest BCUT2D eigenvalue weighted by atomic mass is 79.9. The van der Waals surface area contributed by atoms with E-state index >= 15 is 0 Å². The van der Waals surface area contributed by atoms with E-state index in [1.165, 1.54) is 0 Å². The van der Waals surface area contributed by atoms with Crippen LogP contribution in [0, 0.1) is 0 Å². The number of carbonyl (C=O) groups is 1. The number of halogens is 1. The predicted octanol–water partition coefficient (Wildman–Crippen LogP) is 4.17. The van der Waals surface area contributed by atoms with E-state index in [1.807, 2.05) is 41.3 Å². The van der Waals surface area contributed by atoms with Crippen LogP contribution in [0.1, 0.15) is 22.1 Å². The molecule has 0 radical (unpaired) electrons. The summed E-state index contributed by atoms with van der Waals surface area (Å²) in [6.07, 6.45) is 1.68. The number of rotatable bonds is 6. The van der Waals surface area contributed by atoms with E-state index in [4.69, 9.17) is 13.6 Å². The maximum absolute atomic E-state index is 12.7. The number of amides is 1. The first-order valence-corrected chi connectivity index (χ1v) is 9.98. The van der Waals surface area contributed by atoms with Crippen molar-refractivity contribution in [1.82, 2.24) is 9.80 Å². The van der Waals surface area contributed by atoms with Crippen molar-refractivity contribution in [1.29, 1.82) is 0 Å². The second kappa shape index (κ2) is 8.67. The molecule has 1 saturated heterocycles. The zero-order valence-corrected chi connectivity index (χ0v) is 16.9. The number of hydrogen-bond acceptors (Lipinski definition) is 5. The molecule has 4 rings (SSSR count). The minimum atomic E-state index is -0.0764. The van der Waals surface area contributed by atoms with Crippen molar-refractivity contribution in [3.8, 4) is 5.75 Å². The van der Waals surface area contributed by atoms with Crippen molar-refractivity contribution in [2.45, 2.75) is 13.2 Å². The van der Waals surface area contributed by atoms with Gasteiger partial charge in [-0.1, -0.05) is 15.9 Å². The lowest BCUT2D eigenvalue weighted by Crippen LogP contribution is -2.48. The number of ether oxygens (including phenoxy) is 1. The number of benzene rings is 1. The number of nitrogens with zero attached hydrogens (tertiary/aromatic N) is 2. The van der Waals surface area contributed by atoms with Crippen LogP contribution in [-0.2, 0) is 13.2 Å². The number of hydrogen-bond donors (Lipinski definition) is 0. The lowest BCUT2D eigenvalue weighted by Gasteiger charge is -2.33. The van der Waals surface area contributed by atoms with E-state index in [1.54, 1.807) is 18.4 Å². The zero-order valence-electron chi connectivity index (χ0n) is 15.3. The Bertz CT molecular complexity index is 897. The molecule has 0 saturated carbocycles. The smallest absolute Gasteiger partial charge is 0.289 e. The van der Waals surface area contributed by atoms with E-state index < -0.39 is 0 Å². The summed E-state index contributed by atoms with van der Waals surface area (Å²) in [5.41, 5.74) is 0. The summed E-state index contributed by atoms with van der Waals surface area (Å²) in [5, 5.41) is 0. The summed E-state index contributed by atoms with van der Waals surface area (Å²) >= 11 is 3.39. The molecule has 1 fully saturated rings. The first kappa shape index (κ1) is 18.8. The molecule has 2 aromatic heterocycles. The van der Waals surface area contributed by atoms with Crippen molar-refractivity contribution in [3.05, 3.63) is 76.5 Å². The molecule has 1 aromatic carbocycles. The van der Waals surface area contributed by atoms with Gasteiger partial charge in [0.25, 0.3) is 5.91 Å². The van der Waals surface area contributed by atoms with Crippen molar-refractivity contribution < 1.29 is 18.4 Å². The Kier molecular flexibility index (Phi) is 5.83. The monoisotopic (exact) mass is 444 g/mol. The molecule has 7 heteroatoms. The largest absolute Gasteiger partial charge is 0.486 e. The average Bonchev–Trinajstić information content (AvgIpc) is 3.40. The minimum absolute atomic E-state index is 0.0764. The molecule has 0 aliphatic carbocycles. The van der Waals surface area contributed by atoms with E-state index in [9.17, 15) is 4.79 Å². The summed E-state index contributed by atoms with van der Waals surface area (Å²) in [5.74, 6) is 2.60. The van der Waals surface area contributed by atoms with Gasteiger partial charge in [0.1, 0.15) is 23.9 Å². The molecule has 1 amide bonds. The second-order valence-electron chi connectivity index (χ2n) is 6.66. The van der Waals surface area contributed by atoms with Crippen LogP contribution in [0.5, 0.6) is 5.75 Å². The van der Waals surface area contributed by atoms with Crippen LogP contribution < -0.4 is 4.74 Å². The molecular formula is C21H21BrN2O4. The van der Waals surface area contributed by atoms with Gasteiger partial charge in [0.15, 0.2) is 5.76 Å². The Balaban J connectivity index is 1.27. The van der Waals surface area contributed by atoms with Gasteiger partial charge in [0, 0.05) is 30.7 Å². The van der Waals surface area contributed by atoms with Crippen molar-refractivity contribution in [2.75, 3.05) is 26.2 Å². The Labute approximate surface area is 171 Å². The molecule has 6 nitrogen and oxygen atoms in total. The molecule has 1 aliphatic heterocycles. The third-order valence-electron chi connectivity index (χ3n) is 4.69. The summed E-state index contributed by atoms with van der Waals surface area (Å²) < 4.78 is 17.8. The molecule has 3 aromatic rings. The SMILES string of the molecule is O=C(c1ccc(COc2ccc(Br)cc2)o1)N1CCN(Cc2ccco2)CC1. The lowest BCUT2D eigenvalue weighted by molar-refractivity contribution is 0.0586. The molecule has 0 N–H and O–H groups in total. The van der Waals surface area contributed by atoms with Gasteiger partial charge in [-0.15, -0.1) is 0 Å². The molecule has 0 atom stereocenters. The van der Waals surface area contributed by atoms with Gasteiger partial charge in [0.2, 0.25) is 0 Å². The zero-order chi connectivity index (χ0) is 19.3. The third-order valence-corrected chi connectivity index (χ3v) is 5.21. The van der Waals surface area contributed by atoms with Crippen LogP contribution in [0.4, 0.5) is 0 Å². The first-order chi connectivity index (χ1) is 13.7. The molecule has 1 aliphatic rings. The van der Waals surface area contributed by atoms with Gasteiger partial charge in [-0.2, -0.15) is 0 Å². The summed E-state index contributed by atoms with van der Waals surface area (Å²) in [7, 11) is 0. The molecule has 0 unspecified atom stereocenters. The number of carbonyl (C=O) groups excluding carboxylic acids is 1. The third kappa shape index (κ3) is 4.66. The van der Waals surface area contributed by atoms with E-state index in [0.717, 1.165) is 35.6 Å². The van der Waals surface area contributed by atoms with Crippen LogP contribution in [-0.4, -0.2) is 41.9 Å². The van der Waals surface area contributed by atoms with Gasteiger partial charge >= 0.3 is 0 Å². The Hall–Kier alpha value is -2.51. The van der Waals surface area contributed by atoms with Crippen LogP contribution in [0.2, 0.25) is 0 Å². The Morgan fingerprint density at radius 1 is 1.00 bits per heavy atom. The van der Waals surface area contributed by atoms with Gasteiger partial charge in [-0.25, -0.2) is 0 Å². The van der Waals surface area contributed by atoms with Crippen LogP contribution in [0.25, 0.3) is 0 Å². The summed E-state index contributed by atoms with van der Waals surface area (Å²) in [4.78, 5) is 16.8. The standard InChI is InChI=1S/C21H21BrN2O4/c22-16-3-5-17(6-4-16)27-15-19-7-8-20(28-19)21(25)24-11-9-23(10-12-24)14-18-2-1-13-26-18/h1-8,13H,9-12,14-15H2. The maximum atomic E-state index is 12.7. The van der Waals surface area contributed by atoms with Gasteiger partial charge in [-0.05, 0) is 48.5 Å². The lowest BCUT2D eigenvalue weighted by atomic mass is 10.2. The first-order valence-electron chi connectivity index (χ1n) is 9.18. The van der Waals surface area contributed by atoms with Gasteiger partial charge in [0.05, 0.1) is 12.8 Å². The number of piperazine rings is 1. The molecule has 0 bridgehead atoms. The second-order valence-corrected chi connectivity index (χ2v) is 7.57. The molecule has 146 valence electrons. The van der Waals surface area contributed by atoms with Gasteiger partial charge in [-0.3, -0.25) is 9.69 Å². The maximum Gasteiger partial charge on any atom is 0.289 e. The quantitative estimate of drug-likeness (QED) is 0.570. The molecule has 0 spiro atoms. The van der Waals surface area contributed by atoms with E-state index in [2.05, 4.69) is 20.8 Å². The summed E-state index contributed by atoms with van der Waals surface area (Å²) in [6, 6.07) is 15.0. The fourth-order valence-electron chi connectivity index (χ4n) is 3.14. The molecular weight excluding hydrogens is 424 g/mol. The highest BCUT2D eigenvalue weighted by molar-refractivity contribution is 9.10. The minimum Gasteiger partial charge on any atom is -0.486 e.